The molecule has 4 nitrogen and oxygen atoms in total. The van der Waals surface area contributed by atoms with Gasteiger partial charge in [0.1, 0.15) is 17.2 Å². The second-order valence-electron chi connectivity index (χ2n) is 3.02. The Balaban J connectivity index is 3.06. The summed E-state index contributed by atoms with van der Waals surface area (Å²) in [7, 11) is 0. The van der Waals surface area contributed by atoms with Crippen LogP contribution in [0.2, 0.25) is 0 Å². The fourth-order valence-electron chi connectivity index (χ4n) is 1.13. The van der Waals surface area contributed by atoms with Crippen molar-refractivity contribution in [3.63, 3.8) is 0 Å². The van der Waals surface area contributed by atoms with Crippen molar-refractivity contribution in [2.24, 2.45) is 0 Å². The molecule has 0 saturated heterocycles. The molecule has 4 heteroatoms. The van der Waals surface area contributed by atoms with E-state index >= 15 is 0 Å². The molecule has 1 rings (SSSR count). The SMILES string of the molecule is CC(O)Cc1c(O)cc(O)cc1O. The van der Waals surface area contributed by atoms with Crippen LogP contribution in [0.1, 0.15) is 12.5 Å². The number of aromatic hydroxyl groups is 3. The Morgan fingerprint density at radius 3 is 2.00 bits per heavy atom. The molecule has 0 aromatic heterocycles. The number of hydrogen-bond acceptors (Lipinski definition) is 4. The van der Waals surface area contributed by atoms with Crippen LogP contribution in [0, 0.1) is 0 Å². The van der Waals surface area contributed by atoms with Crippen molar-refractivity contribution < 1.29 is 20.4 Å². The first-order valence-corrected chi connectivity index (χ1v) is 3.92. The van der Waals surface area contributed by atoms with Gasteiger partial charge in [-0.25, -0.2) is 0 Å². The van der Waals surface area contributed by atoms with Gasteiger partial charge in [0.25, 0.3) is 0 Å². The first-order chi connectivity index (χ1) is 6.00. The third-order valence-corrected chi connectivity index (χ3v) is 1.69. The van der Waals surface area contributed by atoms with Crippen LogP contribution in [-0.4, -0.2) is 26.5 Å². The standard InChI is InChI=1S/C9H12O4/c1-5(10)2-7-8(12)3-6(11)4-9(7)13/h3-5,10-13H,2H2,1H3. The molecule has 0 fully saturated rings. The van der Waals surface area contributed by atoms with Gasteiger partial charge in [0.15, 0.2) is 0 Å². The lowest BCUT2D eigenvalue weighted by molar-refractivity contribution is 0.193. The highest BCUT2D eigenvalue weighted by atomic mass is 16.3. The molecule has 0 spiro atoms. The average molecular weight is 184 g/mol. The van der Waals surface area contributed by atoms with Crippen molar-refractivity contribution in [1.29, 1.82) is 0 Å². The molecule has 0 amide bonds. The summed E-state index contributed by atoms with van der Waals surface area (Å²) in [6, 6.07) is 2.24. The summed E-state index contributed by atoms with van der Waals surface area (Å²) in [4.78, 5) is 0. The van der Waals surface area contributed by atoms with Gasteiger partial charge in [0.05, 0.1) is 6.10 Å². The van der Waals surface area contributed by atoms with Gasteiger partial charge in [-0.05, 0) is 6.92 Å². The summed E-state index contributed by atoms with van der Waals surface area (Å²) in [5, 5.41) is 36.6. The van der Waals surface area contributed by atoms with Crippen LogP contribution in [0.4, 0.5) is 0 Å². The van der Waals surface area contributed by atoms with Gasteiger partial charge in [-0.15, -0.1) is 0 Å². The summed E-state index contributed by atoms with van der Waals surface area (Å²) in [6.45, 7) is 1.55. The van der Waals surface area contributed by atoms with E-state index in [9.17, 15) is 10.2 Å². The molecule has 72 valence electrons. The zero-order valence-electron chi connectivity index (χ0n) is 7.23. The number of phenols is 3. The highest BCUT2D eigenvalue weighted by molar-refractivity contribution is 5.48. The fraction of sp³-hybridized carbons (Fsp3) is 0.333. The van der Waals surface area contributed by atoms with Crippen LogP contribution in [0.3, 0.4) is 0 Å². The Hall–Kier alpha value is -1.42. The highest BCUT2D eigenvalue weighted by Gasteiger charge is 2.11. The molecule has 1 aromatic carbocycles. The average Bonchev–Trinajstić information content (AvgIpc) is 1.96. The van der Waals surface area contributed by atoms with Gasteiger partial charge in [-0.1, -0.05) is 0 Å². The molecule has 0 bridgehead atoms. The lowest BCUT2D eigenvalue weighted by Gasteiger charge is -2.09. The van der Waals surface area contributed by atoms with Gasteiger partial charge in [0, 0.05) is 24.1 Å². The maximum absolute atomic E-state index is 9.29. The number of hydrogen-bond donors (Lipinski definition) is 4. The van der Waals surface area contributed by atoms with Gasteiger partial charge < -0.3 is 20.4 Å². The first kappa shape index (κ1) is 9.67. The monoisotopic (exact) mass is 184 g/mol. The van der Waals surface area contributed by atoms with E-state index < -0.39 is 6.10 Å². The van der Waals surface area contributed by atoms with E-state index in [1.165, 1.54) is 0 Å². The number of benzene rings is 1. The molecular formula is C9H12O4. The zero-order valence-corrected chi connectivity index (χ0v) is 7.23. The predicted molar refractivity (Wildman–Crippen MR) is 46.8 cm³/mol. The lowest BCUT2D eigenvalue weighted by Crippen LogP contribution is -2.04. The molecule has 1 unspecified atom stereocenters. The normalized spacial score (nSPS) is 12.8. The number of phenolic OH excluding ortho intramolecular Hbond substituents is 3. The second kappa shape index (κ2) is 3.53. The zero-order chi connectivity index (χ0) is 10.0. The summed E-state index contributed by atoms with van der Waals surface area (Å²) < 4.78 is 0. The molecule has 0 heterocycles. The fourth-order valence-corrected chi connectivity index (χ4v) is 1.13. The van der Waals surface area contributed by atoms with Crippen molar-refractivity contribution in [1.82, 2.24) is 0 Å². The molecule has 1 atom stereocenters. The van der Waals surface area contributed by atoms with Gasteiger partial charge in [-0.3, -0.25) is 0 Å². The number of aliphatic hydroxyl groups excluding tert-OH is 1. The third-order valence-electron chi connectivity index (χ3n) is 1.69. The third kappa shape index (κ3) is 2.26. The minimum absolute atomic E-state index is 0.151. The van der Waals surface area contributed by atoms with Crippen LogP contribution in [-0.2, 0) is 6.42 Å². The van der Waals surface area contributed by atoms with E-state index in [0.717, 1.165) is 12.1 Å². The first-order valence-electron chi connectivity index (χ1n) is 3.92. The van der Waals surface area contributed by atoms with E-state index in [-0.39, 0.29) is 29.2 Å². The predicted octanol–water partition coefficient (Wildman–Crippen LogP) is 0.727. The molecule has 0 radical (unpaired) electrons. The number of aliphatic hydroxyl groups is 1. The van der Waals surface area contributed by atoms with Crippen LogP contribution >= 0.6 is 0 Å². The van der Waals surface area contributed by atoms with Gasteiger partial charge >= 0.3 is 0 Å². The van der Waals surface area contributed by atoms with Crippen LogP contribution in [0.25, 0.3) is 0 Å². The van der Waals surface area contributed by atoms with Crippen molar-refractivity contribution in [2.75, 3.05) is 0 Å². The Kier molecular flexibility index (Phi) is 2.63. The van der Waals surface area contributed by atoms with E-state index in [0.29, 0.717) is 0 Å². The summed E-state index contributed by atoms with van der Waals surface area (Å²) >= 11 is 0. The van der Waals surface area contributed by atoms with Crippen molar-refractivity contribution in [3.05, 3.63) is 17.7 Å². The van der Waals surface area contributed by atoms with E-state index in [2.05, 4.69) is 0 Å². The molecule has 0 saturated carbocycles. The Morgan fingerprint density at radius 1 is 1.15 bits per heavy atom. The van der Waals surface area contributed by atoms with Crippen molar-refractivity contribution >= 4 is 0 Å². The largest absolute Gasteiger partial charge is 0.508 e. The highest BCUT2D eigenvalue weighted by Crippen LogP contribution is 2.32. The van der Waals surface area contributed by atoms with E-state index in [1.54, 1.807) is 6.92 Å². The topological polar surface area (TPSA) is 80.9 Å². The number of rotatable bonds is 2. The van der Waals surface area contributed by atoms with Crippen LogP contribution in [0.15, 0.2) is 12.1 Å². The van der Waals surface area contributed by atoms with E-state index in [1.807, 2.05) is 0 Å². The Labute approximate surface area is 75.7 Å². The smallest absolute Gasteiger partial charge is 0.126 e. The quantitative estimate of drug-likeness (QED) is 0.546. The lowest BCUT2D eigenvalue weighted by atomic mass is 10.1. The Morgan fingerprint density at radius 2 is 1.62 bits per heavy atom. The molecule has 0 aliphatic rings. The summed E-state index contributed by atoms with van der Waals surface area (Å²) in [6.07, 6.45) is -0.501. The van der Waals surface area contributed by atoms with Crippen molar-refractivity contribution in [3.8, 4) is 17.2 Å². The maximum Gasteiger partial charge on any atom is 0.126 e. The summed E-state index contributed by atoms with van der Waals surface area (Å²) in [5.74, 6) is -0.624. The molecule has 1 aromatic rings. The molecule has 4 N–H and O–H groups in total. The van der Waals surface area contributed by atoms with Crippen LogP contribution in [0.5, 0.6) is 17.2 Å². The van der Waals surface area contributed by atoms with Crippen molar-refractivity contribution in [2.45, 2.75) is 19.4 Å². The molecular weight excluding hydrogens is 172 g/mol. The molecule has 0 aliphatic heterocycles. The Bertz CT molecular complexity index is 283. The molecule has 0 aliphatic carbocycles. The second-order valence-corrected chi connectivity index (χ2v) is 3.02. The maximum atomic E-state index is 9.29. The minimum atomic E-state index is -0.652. The van der Waals surface area contributed by atoms with Gasteiger partial charge in [-0.2, -0.15) is 0 Å². The van der Waals surface area contributed by atoms with Crippen LogP contribution < -0.4 is 0 Å². The van der Waals surface area contributed by atoms with Gasteiger partial charge in [0.2, 0.25) is 0 Å². The summed E-state index contributed by atoms with van der Waals surface area (Å²) in [5.41, 5.74) is 0.243. The minimum Gasteiger partial charge on any atom is -0.508 e. The molecule has 13 heavy (non-hydrogen) atoms. The van der Waals surface area contributed by atoms with E-state index in [4.69, 9.17) is 10.2 Å².